The highest BCUT2D eigenvalue weighted by molar-refractivity contribution is 5.70. The maximum atomic E-state index is 10.6. The molecule has 0 bridgehead atoms. The summed E-state index contributed by atoms with van der Waals surface area (Å²) in [4.78, 5) is 10.6. The molecule has 1 rings (SSSR count). The Balaban J connectivity index is 2.21. The van der Waals surface area contributed by atoms with Gasteiger partial charge in [-0.3, -0.25) is 0 Å². The second kappa shape index (κ2) is 4.42. The number of hydrogen-bond acceptors (Lipinski definition) is 4. The Kier molecular flexibility index (Phi) is 3.49. The third kappa shape index (κ3) is 2.79. The van der Waals surface area contributed by atoms with Crippen LogP contribution in [0.25, 0.3) is 0 Å². The van der Waals surface area contributed by atoms with E-state index in [4.69, 9.17) is 14.6 Å². The summed E-state index contributed by atoms with van der Waals surface area (Å²) in [6, 6.07) is 0. The van der Waals surface area contributed by atoms with Crippen molar-refractivity contribution in [3.8, 4) is 0 Å². The molecular formula is C8H14O4. The molecule has 1 aliphatic rings. The van der Waals surface area contributed by atoms with Gasteiger partial charge in [0.15, 0.2) is 0 Å². The van der Waals surface area contributed by atoms with Gasteiger partial charge < -0.3 is 14.6 Å². The van der Waals surface area contributed by atoms with Gasteiger partial charge in [0.1, 0.15) is 12.7 Å². The summed E-state index contributed by atoms with van der Waals surface area (Å²) in [5, 5.41) is 8.40. The number of ether oxygens (including phenoxy) is 2. The van der Waals surface area contributed by atoms with E-state index in [1.807, 2.05) is 6.92 Å². The molecule has 0 saturated carbocycles. The molecule has 1 N–H and O–H groups in total. The van der Waals surface area contributed by atoms with E-state index in [9.17, 15) is 4.79 Å². The van der Waals surface area contributed by atoms with Crippen LogP contribution < -0.4 is 0 Å². The topological polar surface area (TPSA) is 55.8 Å². The summed E-state index contributed by atoms with van der Waals surface area (Å²) in [6.45, 7) is 1.89. The predicted octanol–water partition coefficient (Wildman–Crippen LogP) is 0.0894. The quantitative estimate of drug-likeness (QED) is 0.603. The normalized spacial score (nSPS) is 29.8. The number of hydrogen-bond donors (Lipinski definition) is 1. The summed E-state index contributed by atoms with van der Waals surface area (Å²) in [7, 11) is 0. The Bertz CT molecular complexity index is 149. The predicted molar refractivity (Wildman–Crippen MR) is 41.6 cm³/mol. The van der Waals surface area contributed by atoms with Crippen LogP contribution in [0.4, 0.5) is 0 Å². The first-order valence-electron chi connectivity index (χ1n) is 4.14. The van der Waals surface area contributed by atoms with E-state index < -0.39 is 12.6 Å². The monoisotopic (exact) mass is 174 g/mol. The van der Waals surface area contributed by atoms with Gasteiger partial charge in [-0.05, 0) is 19.8 Å². The van der Waals surface area contributed by atoms with Gasteiger partial charge in [0.25, 0.3) is 0 Å². The molecule has 0 aliphatic carbocycles. The molecular weight excluding hydrogens is 160 g/mol. The minimum atomic E-state index is -0.571. The molecule has 0 aromatic heterocycles. The summed E-state index contributed by atoms with van der Waals surface area (Å²) >= 11 is 0. The average Bonchev–Trinajstić information content (AvgIpc) is 2.09. The van der Waals surface area contributed by atoms with Crippen molar-refractivity contribution < 1.29 is 19.4 Å². The van der Waals surface area contributed by atoms with E-state index in [-0.39, 0.29) is 12.2 Å². The highest BCUT2D eigenvalue weighted by Gasteiger charge is 2.21. The second-order valence-corrected chi connectivity index (χ2v) is 2.99. The Morgan fingerprint density at radius 2 is 2.42 bits per heavy atom. The van der Waals surface area contributed by atoms with E-state index in [1.165, 1.54) is 0 Å². The van der Waals surface area contributed by atoms with E-state index in [1.54, 1.807) is 0 Å². The van der Waals surface area contributed by atoms with Gasteiger partial charge in [0.05, 0.1) is 12.7 Å². The Morgan fingerprint density at radius 1 is 1.67 bits per heavy atom. The fraction of sp³-hybridized carbons (Fsp3) is 0.875. The number of esters is 1. The molecule has 70 valence electrons. The fourth-order valence-corrected chi connectivity index (χ4v) is 1.17. The number of rotatable bonds is 2. The molecule has 4 heteroatoms. The molecule has 4 nitrogen and oxygen atoms in total. The molecule has 2 unspecified atom stereocenters. The van der Waals surface area contributed by atoms with Crippen LogP contribution in [0, 0.1) is 0 Å². The van der Waals surface area contributed by atoms with Gasteiger partial charge >= 0.3 is 5.97 Å². The highest BCUT2D eigenvalue weighted by atomic mass is 16.6. The van der Waals surface area contributed by atoms with Crippen LogP contribution in [-0.4, -0.2) is 36.5 Å². The Labute approximate surface area is 71.5 Å². The Hall–Kier alpha value is -0.610. The SMILES string of the molecule is CC1CCC(OC(=O)CO)CO1. The molecule has 0 aromatic carbocycles. The summed E-state index contributed by atoms with van der Waals surface area (Å²) in [6.07, 6.45) is 1.82. The zero-order valence-corrected chi connectivity index (χ0v) is 7.16. The molecule has 1 fully saturated rings. The number of aliphatic hydroxyl groups excluding tert-OH is 1. The van der Waals surface area contributed by atoms with Crippen LogP contribution in [-0.2, 0) is 14.3 Å². The lowest BCUT2D eigenvalue weighted by atomic mass is 10.1. The fourth-order valence-electron chi connectivity index (χ4n) is 1.17. The van der Waals surface area contributed by atoms with Gasteiger partial charge in [0, 0.05) is 0 Å². The van der Waals surface area contributed by atoms with Gasteiger partial charge in [0.2, 0.25) is 0 Å². The molecule has 0 radical (unpaired) electrons. The third-order valence-corrected chi connectivity index (χ3v) is 1.89. The molecule has 0 amide bonds. The number of carbonyl (C=O) groups is 1. The van der Waals surface area contributed by atoms with Crippen molar-refractivity contribution in [3.05, 3.63) is 0 Å². The first-order chi connectivity index (χ1) is 5.72. The average molecular weight is 174 g/mol. The third-order valence-electron chi connectivity index (χ3n) is 1.89. The smallest absolute Gasteiger partial charge is 0.332 e. The second-order valence-electron chi connectivity index (χ2n) is 2.99. The largest absolute Gasteiger partial charge is 0.458 e. The van der Waals surface area contributed by atoms with E-state index in [2.05, 4.69) is 0 Å². The molecule has 1 aliphatic heterocycles. The molecule has 0 spiro atoms. The van der Waals surface area contributed by atoms with Gasteiger partial charge in [-0.2, -0.15) is 0 Å². The van der Waals surface area contributed by atoms with Gasteiger partial charge in [-0.1, -0.05) is 0 Å². The molecule has 12 heavy (non-hydrogen) atoms. The standard InChI is InChI=1S/C8H14O4/c1-6-2-3-7(5-11-6)12-8(10)4-9/h6-7,9H,2-5H2,1H3. The summed E-state index contributed by atoms with van der Waals surface area (Å²) < 4.78 is 10.2. The van der Waals surface area contributed by atoms with Crippen LogP contribution in [0.3, 0.4) is 0 Å². The van der Waals surface area contributed by atoms with E-state index >= 15 is 0 Å². The zero-order chi connectivity index (χ0) is 8.97. The van der Waals surface area contributed by atoms with Crippen molar-refractivity contribution in [3.63, 3.8) is 0 Å². The first-order valence-corrected chi connectivity index (χ1v) is 4.14. The molecule has 0 aromatic rings. The lowest BCUT2D eigenvalue weighted by Gasteiger charge is -2.26. The summed E-state index contributed by atoms with van der Waals surface area (Å²) in [5.74, 6) is -0.571. The van der Waals surface area contributed by atoms with Gasteiger partial charge in [-0.25, -0.2) is 4.79 Å². The lowest BCUT2D eigenvalue weighted by Crippen LogP contribution is -2.32. The molecule has 1 heterocycles. The van der Waals surface area contributed by atoms with E-state index in [0.29, 0.717) is 6.61 Å². The van der Waals surface area contributed by atoms with Crippen molar-refractivity contribution in [1.29, 1.82) is 0 Å². The van der Waals surface area contributed by atoms with E-state index in [0.717, 1.165) is 12.8 Å². The number of aliphatic hydroxyl groups is 1. The van der Waals surface area contributed by atoms with Crippen molar-refractivity contribution in [2.24, 2.45) is 0 Å². The van der Waals surface area contributed by atoms with Crippen molar-refractivity contribution >= 4 is 5.97 Å². The molecule has 1 saturated heterocycles. The van der Waals surface area contributed by atoms with Crippen molar-refractivity contribution in [2.45, 2.75) is 32.0 Å². The van der Waals surface area contributed by atoms with Crippen molar-refractivity contribution in [2.75, 3.05) is 13.2 Å². The van der Waals surface area contributed by atoms with Crippen LogP contribution in [0.15, 0.2) is 0 Å². The van der Waals surface area contributed by atoms with Crippen LogP contribution in [0.1, 0.15) is 19.8 Å². The number of carbonyl (C=O) groups excluding carboxylic acids is 1. The summed E-state index contributed by atoms with van der Waals surface area (Å²) in [5.41, 5.74) is 0. The Morgan fingerprint density at radius 3 is 2.92 bits per heavy atom. The minimum absolute atomic E-state index is 0.166. The van der Waals surface area contributed by atoms with Crippen molar-refractivity contribution in [1.82, 2.24) is 0 Å². The lowest BCUT2D eigenvalue weighted by molar-refractivity contribution is -0.161. The van der Waals surface area contributed by atoms with Crippen LogP contribution in [0.2, 0.25) is 0 Å². The molecule has 2 atom stereocenters. The highest BCUT2D eigenvalue weighted by Crippen LogP contribution is 2.15. The zero-order valence-electron chi connectivity index (χ0n) is 7.16. The maximum Gasteiger partial charge on any atom is 0.332 e. The van der Waals surface area contributed by atoms with Crippen LogP contribution in [0.5, 0.6) is 0 Å². The minimum Gasteiger partial charge on any atom is -0.458 e. The van der Waals surface area contributed by atoms with Gasteiger partial charge in [-0.15, -0.1) is 0 Å². The first kappa shape index (κ1) is 9.48. The van der Waals surface area contributed by atoms with Crippen LogP contribution >= 0.6 is 0 Å². The maximum absolute atomic E-state index is 10.6.